The van der Waals surface area contributed by atoms with Gasteiger partial charge in [-0.3, -0.25) is 0 Å². The Morgan fingerprint density at radius 3 is 2.88 bits per heavy atom. The van der Waals surface area contributed by atoms with Gasteiger partial charge in [0, 0.05) is 12.2 Å². The predicted molar refractivity (Wildman–Crippen MR) is 98.3 cm³/mol. The molecule has 1 unspecified atom stereocenters. The van der Waals surface area contributed by atoms with Crippen molar-refractivity contribution in [2.24, 2.45) is 4.99 Å². The molecule has 1 fully saturated rings. The lowest BCUT2D eigenvalue weighted by atomic mass is 10.0. The van der Waals surface area contributed by atoms with Crippen LogP contribution in [-0.4, -0.2) is 30.1 Å². The van der Waals surface area contributed by atoms with E-state index < -0.39 is 0 Å². The number of anilines is 1. The molecule has 1 aromatic heterocycles. The average Bonchev–Trinajstić information content (AvgIpc) is 2.93. The quantitative estimate of drug-likeness (QED) is 0.752. The molecule has 2 aliphatic heterocycles. The highest BCUT2D eigenvalue weighted by Crippen LogP contribution is 2.35. The van der Waals surface area contributed by atoms with Gasteiger partial charge in [-0.1, -0.05) is 41.4 Å². The molecule has 1 atom stereocenters. The van der Waals surface area contributed by atoms with Gasteiger partial charge in [0.1, 0.15) is 10.8 Å². The maximum Gasteiger partial charge on any atom is 0.219 e. The highest BCUT2D eigenvalue weighted by Gasteiger charge is 2.34. The van der Waals surface area contributed by atoms with Crippen LogP contribution in [0, 0.1) is 0 Å². The van der Waals surface area contributed by atoms with Crippen LogP contribution in [0.15, 0.2) is 53.5 Å². The van der Waals surface area contributed by atoms with Crippen molar-refractivity contribution in [3.8, 4) is 0 Å². The minimum absolute atomic E-state index is 0.336. The minimum Gasteiger partial charge on any atom is -0.446 e. The SMILES string of the molecule is CCOC1CN2C(=CN=C(c3ccccc3Cl)c3nc(Cl)ccc32)O1. The number of aliphatic imine (C=N–C) groups is 1. The number of halogens is 2. The zero-order valence-corrected chi connectivity index (χ0v) is 15.0. The average molecular weight is 376 g/mol. The predicted octanol–water partition coefficient (Wildman–Crippen LogP) is 4.24. The second-order valence-electron chi connectivity index (χ2n) is 5.54. The monoisotopic (exact) mass is 375 g/mol. The van der Waals surface area contributed by atoms with E-state index in [1.165, 1.54) is 0 Å². The van der Waals surface area contributed by atoms with Crippen LogP contribution in [0.25, 0.3) is 0 Å². The maximum absolute atomic E-state index is 6.38. The number of hydrogen-bond donors (Lipinski definition) is 0. The number of nitrogens with zero attached hydrogens (tertiary/aromatic N) is 3. The van der Waals surface area contributed by atoms with E-state index in [1.807, 2.05) is 42.2 Å². The first-order chi connectivity index (χ1) is 12.2. The Morgan fingerprint density at radius 2 is 2.08 bits per heavy atom. The fourth-order valence-electron chi connectivity index (χ4n) is 2.92. The van der Waals surface area contributed by atoms with E-state index in [0.717, 1.165) is 11.3 Å². The number of benzene rings is 1. The minimum atomic E-state index is -0.336. The van der Waals surface area contributed by atoms with E-state index in [1.54, 1.807) is 12.3 Å². The molecule has 1 saturated heterocycles. The molecule has 2 aromatic rings. The normalized spacial score (nSPS) is 18.7. The van der Waals surface area contributed by atoms with Gasteiger partial charge in [0.25, 0.3) is 0 Å². The molecular weight excluding hydrogens is 361 g/mol. The van der Waals surface area contributed by atoms with Gasteiger partial charge >= 0.3 is 0 Å². The Morgan fingerprint density at radius 1 is 1.24 bits per heavy atom. The standard InChI is InChI=1S/C18H15Cl2N3O2/c1-2-24-16-10-23-13-7-8-14(20)22-18(13)17(21-9-15(23)25-16)11-5-3-4-6-12(11)19/h3-9,16H,2,10H2,1H3. The Hall–Kier alpha value is -2.08. The first kappa shape index (κ1) is 16.4. The zero-order chi connectivity index (χ0) is 17.4. The van der Waals surface area contributed by atoms with Crippen LogP contribution in [0.2, 0.25) is 10.2 Å². The summed E-state index contributed by atoms with van der Waals surface area (Å²) in [4.78, 5) is 11.1. The molecule has 2 aliphatic rings. The van der Waals surface area contributed by atoms with Gasteiger partial charge < -0.3 is 14.4 Å². The summed E-state index contributed by atoms with van der Waals surface area (Å²) in [6.45, 7) is 3.07. The van der Waals surface area contributed by atoms with Crippen molar-refractivity contribution in [1.82, 2.24) is 4.98 Å². The molecule has 0 amide bonds. The van der Waals surface area contributed by atoms with Gasteiger partial charge in [-0.25, -0.2) is 9.98 Å². The van der Waals surface area contributed by atoms with Crippen molar-refractivity contribution >= 4 is 34.6 Å². The molecule has 7 heteroatoms. The highest BCUT2D eigenvalue weighted by atomic mass is 35.5. The van der Waals surface area contributed by atoms with E-state index in [4.69, 9.17) is 32.7 Å². The second kappa shape index (κ2) is 6.67. The Bertz CT molecular complexity index is 882. The van der Waals surface area contributed by atoms with E-state index in [2.05, 4.69) is 9.98 Å². The molecule has 5 nitrogen and oxygen atoms in total. The zero-order valence-electron chi connectivity index (χ0n) is 13.4. The van der Waals surface area contributed by atoms with Crippen molar-refractivity contribution in [1.29, 1.82) is 0 Å². The summed E-state index contributed by atoms with van der Waals surface area (Å²) in [6, 6.07) is 11.2. The first-order valence-electron chi connectivity index (χ1n) is 7.93. The molecule has 0 radical (unpaired) electrons. The van der Waals surface area contributed by atoms with Gasteiger partial charge in [-0.05, 0) is 25.1 Å². The molecule has 0 N–H and O–H groups in total. The lowest BCUT2D eigenvalue weighted by Crippen LogP contribution is -2.24. The number of hydrogen-bond acceptors (Lipinski definition) is 5. The number of fused-ring (bicyclic) bond motifs is 3. The summed E-state index contributed by atoms with van der Waals surface area (Å²) in [5, 5.41) is 0.992. The summed E-state index contributed by atoms with van der Waals surface area (Å²) >= 11 is 12.5. The molecule has 1 aromatic carbocycles. The van der Waals surface area contributed by atoms with Gasteiger partial charge in [0.15, 0.2) is 0 Å². The molecule has 0 aliphatic carbocycles. The van der Waals surface area contributed by atoms with Crippen molar-refractivity contribution < 1.29 is 9.47 Å². The maximum atomic E-state index is 6.38. The fourth-order valence-corrected chi connectivity index (χ4v) is 3.29. The van der Waals surface area contributed by atoms with Gasteiger partial charge in [-0.15, -0.1) is 0 Å². The molecule has 128 valence electrons. The van der Waals surface area contributed by atoms with Crippen molar-refractivity contribution in [3.63, 3.8) is 0 Å². The van der Waals surface area contributed by atoms with Crippen LogP contribution >= 0.6 is 23.2 Å². The lowest BCUT2D eigenvalue weighted by Gasteiger charge is -2.18. The lowest BCUT2D eigenvalue weighted by molar-refractivity contribution is -0.0809. The van der Waals surface area contributed by atoms with Gasteiger partial charge in [0.05, 0.1) is 29.2 Å². The third-order valence-electron chi connectivity index (χ3n) is 3.99. The van der Waals surface area contributed by atoms with E-state index in [9.17, 15) is 0 Å². The summed E-state index contributed by atoms with van der Waals surface area (Å²) in [5.41, 5.74) is 2.96. The van der Waals surface area contributed by atoms with Crippen LogP contribution in [-0.2, 0) is 9.47 Å². The first-order valence-corrected chi connectivity index (χ1v) is 8.68. The van der Waals surface area contributed by atoms with Crippen LogP contribution < -0.4 is 4.90 Å². The summed E-state index contributed by atoms with van der Waals surface area (Å²) in [5.74, 6) is 0.617. The highest BCUT2D eigenvalue weighted by molar-refractivity contribution is 6.36. The Kier molecular flexibility index (Phi) is 4.37. The fraction of sp³-hybridized carbons (Fsp3) is 0.222. The van der Waals surface area contributed by atoms with Gasteiger partial charge in [0.2, 0.25) is 12.2 Å². The Balaban J connectivity index is 1.86. The molecule has 25 heavy (non-hydrogen) atoms. The van der Waals surface area contributed by atoms with Crippen molar-refractivity contribution in [2.75, 3.05) is 18.1 Å². The number of pyridine rings is 1. The molecular formula is C18H15Cl2N3O2. The number of rotatable bonds is 3. The van der Waals surface area contributed by atoms with Crippen LogP contribution in [0.3, 0.4) is 0 Å². The van der Waals surface area contributed by atoms with Crippen molar-refractivity contribution in [3.05, 3.63) is 69.9 Å². The van der Waals surface area contributed by atoms with Crippen molar-refractivity contribution in [2.45, 2.75) is 13.2 Å². The molecule has 0 bridgehead atoms. The van der Waals surface area contributed by atoms with Crippen LogP contribution in [0.5, 0.6) is 0 Å². The molecule has 0 saturated carbocycles. The molecule has 3 heterocycles. The summed E-state index contributed by atoms with van der Waals surface area (Å²) in [7, 11) is 0. The van der Waals surface area contributed by atoms with E-state index in [0.29, 0.717) is 40.6 Å². The van der Waals surface area contributed by atoms with Crippen LogP contribution in [0.1, 0.15) is 18.2 Å². The summed E-state index contributed by atoms with van der Waals surface area (Å²) < 4.78 is 11.4. The second-order valence-corrected chi connectivity index (χ2v) is 6.33. The molecule has 0 spiro atoms. The third-order valence-corrected chi connectivity index (χ3v) is 4.53. The third kappa shape index (κ3) is 2.99. The van der Waals surface area contributed by atoms with E-state index >= 15 is 0 Å². The molecule has 4 rings (SSSR count). The number of aromatic nitrogens is 1. The van der Waals surface area contributed by atoms with E-state index in [-0.39, 0.29) is 6.29 Å². The topological polar surface area (TPSA) is 47.0 Å². The number of ether oxygens (including phenoxy) is 2. The smallest absolute Gasteiger partial charge is 0.219 e. The van der Waals surface area contributed by atoms with Crippen LogP contribution in [0.4, 0.5) is 5.69 Å². The van der Waals surface area contributed by atoms with Gasteiger partial charge in [-0.2, -0.15) is 0 Å². The largest absolute Gasteiger partial charge is 0.446 e. The summed E-state index contributed by atoms with van der Waals surface area (Å²) in [6.07, 6.45) is 1.34. The Labute approximate surface area is 155 Å².